The van der Waals surface area contributed by atoms with Crippen molar-refractivity contribution in [2.45, 2.75) is 6.42 Å². The van der Waals surface area contributed by atoms with Crippen LogP contribution in [0.1, 0.15) is 6.42 Å². The number of primary amides is 1. The van der Waals surface area contributed by atoms with E-state index in [-0.39, 0.29) is 6.61 Å². The highest BCUT2D eigenvalue weighted by atomic mass is 16.5. The van der Waals surface area contributed by atoms with Gasteiger partial charge in [-0.25, -0.2) is 4.98 Å². The van der Waals surface area contributed by atoms with E-state index in [0.717, 1.165) is 33.1 Å². The Bertz CT molecular complexity index is 1340. The minimum atomic E-state index is -0.481. The molecule has 0 radical (unpaired) electrons. The molecule has 0 spiro atoms. The summed E-state index contributed by atoms with van der Waals surface area (Å²) >= 11 is 0. The normalized spacial score (nSPS) is 13.9. The lowest BCUT2D eigenvalue weighted by molar-refractivity contribution is -0.114. The number of carbonyl (C=O) groups excluding carboxylic acids is 1. The molecule has 3 N–H and O–H groups in total. The third-order valence-corrected chi connectivity index (χ3v) is 5.16. The number of nitrogens with one attached hydrogen (secondary N) is 1. The summed E-state index contributed by atoms with van der Waals surface area (Å²) in [5.41, 5.74) is 11.2. The highest BCUT2D eigenvalue weighted by molar-refractivity contribution is 6.22. The first-order chi connectivity index (χ1) is 14.7. The van der Waals surface area contributed by atoms with Gasteiger partial charge in [0.1, 0.15) is 12.4 Å². The molecule has 3 heterocycles. The van der Waals surface area contributed by atoms with Gasteiger partial charge in [0, 0.05) is 18.1 Å². The maximum absolute atomic E-state index is 11.7. The van der Waals surface area contributed by atoms with Crippen LogP contribution in [-0.4, -0.2) is 39.7 Å². The van der Waals surface area contributed by atoms with Crippen molar-refractivity contribution >= 4 is 33.6 Å². The minimum absolute atomic E-state index is 0.168. The van der Waals surface area contributed by atoms with Crippen LogP contribution in [0.3, 0.4) is 0 Å². The molecule has 5 rings (SSSR count). The molecule has 30 heavy (non-hydrogen) atoms. The Hall–Kier alpha value is -4.00. The third-order valence-electron chi connectivity index (χ3n) is 5.16. The molecular weight excluding hydrogens is 378 g/mol. The number of hydrogen-bond donors (Lipinski definition) is 2. The lowest BCUT2D eigenvalue weighted by Crippen LogP contribution is -2.27. The number of aliphatic imine (C=N–C) groups is 1. The predicted octanol–water partition coefficient (Wildman–Crippen LogP) is 3.41. The second-order valence-corrected chi connectivity index (χ2v) is 7.07. The van der Waals surface area contributed by atoms with Crippen molar-refractivity contribution in [2.24, 2.45) is 10.7 Å². The van der Waals surface area contributed by atoms with Gasteiger partial charge in [-0.15, -0.1) is 0 Å². The average molecular weight is 397 g/mol. The van der Waals surface area contributed by atoms with Crippen LogP contribution in [0, 0.1) is 0 Å². The fraction of sp³-hybridized carbons (Fsp3) is 0.130. The van der Waals surface area contributed by atoms with Crippen molar-refractivity contribution in [1.29, 1.82) is 0 Å². The highest BCUT2D eigenvalue weighted by Crippen LogP contribution is 2.32. The van der Waals surface area contributed by atoms with E-state index in [0.29, 0.717) is 30.0 Å². The number of dihydropyridines is 1. The van der Waals surface area contributed by atoms with E-state index in [1.54, 1.807) is 12.5 Å². The lowest BCUT2D eigenvalue weighted by atomic mass is 10.0. The molecule has 4 aromatic rings. The van der Waals surface area contributed by atoms with E-state index in [1.165, 1.54) is 0 Å². The van der Waals surface area contributed by atoms with Crippen LogP contribution in [-0.2, 0) is 4.79 Å². The first kappa shape index (κ1) is 18.1. The smallest absolute Gasteiger partial charge is 0.250 e. The zero-order chi connectivity index (χ0) is 20.5. The number of ether oxygens (including phenoxy) is 1. The van der Waals surface area contributed by atoms with Crippen LogP contribution in [0.4, 0.5) is 0 Å². The number of nitrogens with zero attached hydrogens (tertiary/aromatic N) is 3. The monoisotopic (exact) mass is 397 g/mol. The van der Waals surface area contributed by atoms with Gasteiger partial charge in [-0.1, -0.05) is 12.1 Å². The molecule has 7 heteroatoms. The number of nitrogens with two attached hydrogens (primary N) is 1. The van der Waals surface area contributed by atoms with E-state index in [2.05, 4.69) is 26.0 Å². The van der Waals surface area contributed by atoms with Gasteiger partial charge in [0.15, 0.2) is 0 Å². The van der Waals surface area contributed by atoms with Crippen molar-refractivity contribution in [3.05, 3.63) is 66.6 Å². The molecule has 7 nitrogen and oxygen atoms in total. The van der Waals surface area contributed by atoms with Crippen LogP contribution in [0.2, 0.25) is 0 Å². The SMILES string of the molecule is NC(=O)C1=CCCN=C1COc1cc(-c2ccc3nc[nH]c3c2)cc2ncccc12. The summed E-state index contributed by atoms with van der Waals surface area (Å²) in [6, 6.07) is 13.9. The molecule has 1 aliphatic heterocycles. The van der Waals surface area contributed by atoms with Gasteiger partial charge in [-0.2, -0.15) is 0 Å². The largest absolute Gasteiger partial charge is 0.487 e. The first-order valence-electron chi connectivity index (χ1n) is 9.68. The second kappa shape index (κ2) is 7.44. The Kier molecular flexibility index (Phi) is 4.48. The number of pyridine rings is 1. The van der Waals surface area contributed by atoms with Crippen LogP contribution >= 0.6 is 0 Å². The molecule has 0 saturated carbocycles. The molecule has 0 atom stereocenters. The molecule has 0 aliphatic carbocycles. The molecule has 148 valence electrons. The number of carbonyl (C=O) groups is 1. The quantitative estimate of drug-likeness (QED) is 0.538. The van der Waals surface area contributed by atoms with E-state index in [9.17, 15) is 4.79 Å². The Labute approximate surface area is 172 Å². The molecule has 1 aliphatic rings. The maximum atomic E-state index is 11.7. The van der Waals surface area contributed by atoms with Crippen LogP contribution in [0.15, 0.2) is 71.6 Å². The zero-order valence-corrected chi connectivity index (χ0v) is 16.1. The molecule has 2 aromatic heterocycles. The van der Waals surface area contributed by atoms with Gasteiger partial charge in [0.05, 0.1) is 34.2 Å². The van der Waals surface area contributed by atoms with Gasteiger partial charge in [-0.3, -0.25) is 14.8 Å². The Morgan fingerprint density at radius 2 is 2.03 bits per heavy atom. The van der Waals surface area contributed by atoms with Crippen LogP contribution in [0.25, 0.3) is 33.1 Å². The molecule has 0 unspecified atom stereocenters. The standard InChI is InChI=1S/C23H19N5O2/c24-23(29)17-4-2-8-26-21(17)12-30-22-11-15(10-19-16(22)3-1-7-25-19)14-5-6-18-20(9-14)28-13-27-18/h1,3-7,9-11,13H,2,8,12H2,(H2,24,29)(H,27,28). The van der Waals surface area contributed by atoms with E-state index < -0.39 is 5.91 Å². The number of aromatic nitrogens is 3. The molecule has 2 aromatic carbocycles. The number of aromatic amines is 1. The van der Waals surface area contributed by atoms with Gasteiger partial charge in [-0.05, 0) is 53.9 Å². The topological polar surface area (TPSA) is 106 Å². The fourth-order valence-electron chi connectivity index (χ4n) is 3.67. The van der Waals surface area contributed by atoms with Crippen LogP contribution in [0.5, 0.6) is 5.75 Å². The Morgan fingerprint density at radius 1 is 1.10 bits per heavy atom. The predicted molar refractivity (Wildman–Crippen MR) is 117 cm³/mol. The zero-order valence-electron chi connectivity index (χ0n) is 16.1. The van der Waals surface area contributed by atoms with E-state index >= 15 is 0 Å². The summed E-state index contributed by atoms with van der Waals surface area (Å²) in [4.78, 5) is 28.1. The molecule has 0 fully saturated rings. The summed E-state index contributed by atoms with van der Waals surface area (Å²) in [6.07, 6.45) is 5.97. The number of benzene rings is 2. The number of hydrogen-bond acceptors (Lipinski definition) is 5. The lowest BCUT2D eigenvalue weighted by Gasteiger charge is -2.16. The maximum Gasteiger partial charge on any atom is 0.250 e. The highest BCUT2D eigenvalue weighted by Gasteiger charge is 2.17. The van der Waals surface area contributed by atoms with Crippen LogP contribution < -0.4 is 10.5 Å². The van der Waals surface area contributed by atoms with Crippen molar-refractivity contribution in [3.63, 3.8) is 0 Å². The van der Waals surface area contributed by atoms with E-state index in [4.69, 9.17) is 10.5 Å². The van der Waals surface area contributed by atoms with Crippen molar-refractivity contribution < 1.29 is 9.53 Å². The summed E-state index contributed by atoms with van der Waals surface area (Å²) in [7, 11) is 0. The number of fused-ring (bicyclic) bond motifs is 2. The van der Waals surface area contributed by atoms with Crippen molar-refractivity contribution in [2.75, 3.05) is 13.2 Å². The summed E-state index contributed by atoms with van der Waals surface area (Å²) < 4.78 is 6.13. The average Bonchev–Trinajstić information content (AvgIpc) is 3.25. The summed E-state index contributed by atoms with van der Waals surface area (Å²) in [6.45, 7) is 0.795. The van der Waals surface area contributed by atoms with Gasteiger partial charge in [0.25, 0.3) is 0 Å². The van der Waals surface area contributed by atoms with Gasteiger partial charge < -0.3 is 15.5 Å². The number of rotatable bonds is 5. The van der Waals surface area contributed by atoms with E-state index in [1.807, 2.05) is 42.5 Å². The molecule has 0 saturated heterocycles. The molecule has 1 amide bonds. The fourth-order valence-corrected chi connectivity index (χ4v) is 3.67. The third kappa shape index (κ3) is 3.30. The first-order valence-corrected chi connectivity index (χ1v) is 9.68. The number of H-pyrrole nitrogens is 1. The number of amides is 1. The second-order valence-electron chi connectivity index (χ2n) is 7.07. The Balaban J connectivity index is 1.53. The van der Waals surface area contributed by atoms with Gasteiger partial charge in [0.2, 0.25) is 5.91 Å². The summed E-state index contributed by atoms with van der Waals surface area (Å²) in [5.74, 6) is 0.197. The molecular formula is C23H19N5O2. The van der Waals surface area contributed by atoms with Crippen molar-refractivity contribution in [3.8, 4) is 16.9 Å². The van der Waals surface area contributed by atoms with Crippen molar-refractivity contribution in [1.82, 2.24) is 15.0 Å². The summed E-state index contributed by atoms with van der Waals surface area (Å²) in [5, 5.41) is 0.893. The van der Waals surface area contributed by atoms with Gasteiger partial charge >= 0.3 is 0 Å². The number of imidazole rings is 1. The molecule has 0 bridgehead atoms. The Morgan fingerprint density at radius 3 is 2.93 bits per heavy atom. The minimum Gasteiger partial charge on any atom is -0.487 e.